The SMILES string of the molecule is [N-]=C1C=CC=C(c2cccc(N)c2)C1=[N-].[Y]. The molecule has 1 aromatic carbocycles. The summed E-state index contributed by atoms with van der Waals surface area (Å²) in [4.78, 5) is 0. The van der Waals surface area contributed by atoms with E-state index in [9.17, 15) is 10.8 Å². The van der Waals surface area contributed by atoms with Crippen LogP contribution in [0.25, 0.3) is 16.4 Å². The Balaban J connectivity index is 0.00000128. The van der Waals surface area contributed by atoms with Gasteiger partial charge in [0.2, 0.25) is 0 Å². The number of benzene rings is 1. The molecule has 0 aromatic heterocycles. The molecule has 2 rings (SSSR count). The van der Waals surface area contributed by atoms with E-state index in [1.807, 2.05) is 6.07 Å². The van der Waals surface area contributed by atoms with Crippen molar-refractivity contribution in [2.24, 2.45) is 0 Å². The zero-order valence-electron chi connectivity index (χ0n) is 8.59. The standard InChI is InChI=1S/C12H9N3.Y/c13-9-4-1-3-8(7-9)10-5-2-6-11(14)12(10)15;/h1-7H,13H2;/q-2;. The average molecular weight is 284 g/mol. The Kier molecular flexibility index (Phi) is 4.33. The van der Waals surface area contributed by atoms with Crippen molar-refractivity contribution in [2.75, 3.05) is 5.73 Å². The fourth-order valence-electron chi connectivity index (χ4n) is 1.47. The number of nitrogens with zero attached hydrogens (tertiary/aromatic N) is 2. The molecule has 77 valence electrons. The topological polar surface area (TPSA) is 70.6 Å². The van der Waals surface area contributed by atoms with Crippen LogP contribution in [0.3, 0.4) is 0 Å². The van der Waals surface area contributed by atoms with Crippen LogP contribution < -0.4 is 5.73 Å². The van der Waals surface area contributed by atoms with Crippen LogP contribution >= 0.6 is 0 Å². The van der Waals surface area contributed by atoms with Gasteiger partial charge >= 0.3 is 0 Å². The molecule has 0 saturated carbocycles. The van der Waals surface area contributed by atoms with Gasteiger partial charge in [-0.1, -0.05) is 30.4 Å². The summed E-state index contributed by atoms with van der Waals surface area (Å²) in [7, 11) is 0. The van der Waals surface area contributed by atoms with E-state index in [1.54, 1.807) is 30.4 Å². The number of hydrogen-bond acceptors (Lipinski definition) is 1. The molecule has 1 aliphatic rings. The summed E-state index contributed by atoms with van der Waals surface area (Å²) in [6.45, 7) is 0. The molecule has 0 unspecified atom stereocenters. The Hall–Kier alpha value is -1.06. The molecule has 0 aliphatic heterocycles. The molecular weight excluding hydrogens is 275 g/mol. The van der Waals surface area contributed by atoms with Gasteiger partial charge in [-0.15, -0.1) is 0 Å². The van der Waals surface area contributed by atoms with Gasteiger partial charge in [-0.2, -0.15) is 11.4 Å². The van der Waals surface area contributed by atoms with Crippen molar-refractivity contribution >= 4 is 22.7 Å². The summed E-state index contributed by atoms with van der Waals surface area (Å²) in [6, 6.07) is 7.14. The summed E-state index contributed by atoms with van der Waals surface area (Å²) in [5.74, 6) is 0. The zero-order valence-corrected chi connectivity index (χ0v) is 11.4. The van der Waals surface area contributed by atoms with Crippen molar-refractivity contribution in [1.29, 1.82) is 0 Å². The van der Waals surface area contributed by atoms with Gasteiger partial charge in [0.25, 0.3) is 0 Å². The van der Waals surface area contributed by atoms with E-state index in [2.05, 4.69) is 0 Å². The number of rotatable bonds is 1. The molecule has 3 nitrogen and oxygen atoms in total. The van der Waals surface area contributed by atoms with E-state index in [0.29, 0.717) is 11.3 Å². The third kappa shape index (κ3) is 2.54. The van der Waals surface area contributed by atoms with Crippen molar-refractivity contribution in [3.8, 4) is 0 Å². The van der Waals surface area contributed by atoms with Crippen LogP contribution in [0.2, 0.25) is 0 Å². The number of allylic oxidation sites excluding steroid dienone is 4. The molecule has 4 heteroatoms. The maximum absolute atomic E-state index is 9.65. The van der Waals surface area contributed by atoms with Crippen LogP contribution in [0.15, 0.2) is 42.5 Å². The molecule has 1 aromatic rings. The van der Waals surface area contributed by atoms with Crippen LogP contribution in [0.5, 0.6) is 0 Å². The Labute approximate surface area is 119 Å². The predicted octanol–water partition coefficient (Wildman–Crippen LogP) is 2.24. The summed E-state index contributed by atoms with van der Waals surface area (Å²) >= 11 is 0. The van der Waals surface area contributed by atoms with Crippen LogP contribution in [0.4, 0.5) is 5.69 Å². The van der Waals surface area contributed by atoms with Crippen molar-refractivity contribution < 1.29 is 32.7 Å². The normalized spacial score (nSPS) is 14.4. The third-order valence-corrected chi connectivity index (χ3v) is 2.21. The van der Waals surface area contributed by atoms with Gasteiger partial charge in [-0.25, -0.2) is 0 Å². The first-order chi connectivity index (χ1) is 7.18. The minimum Gasteiger partial charge on any atom is -0.805 e. The maximum Gasteiger partial charge on any atom is 0.0320 e. The fraction of sp³-hybridized carbons (Fsp3) is 0. The summed E-state index contributed by atoms with van der Waals surface area (Å²) in [5, 5.41) is 19.0. The number of hydrogen-bond donors (Lipinski definition) is 1. The van der Waals surface area contributed by atoms with E-state index in [0.717, 1.165) is 5.56 Å². The van der Waals surface area contributed by atoms with E-state index in [1.165, 1.54) is 6.08 Å². The maximum atomic E-state index is 9.65. The van der Waals surface area contributed by atoms with Gasteiger partial charge in [0.05, 0.1) is 0 Å². The second kappa shape index (κ2) is 5.33. The Morgan fingerprint density at radius 1 is 1.12 bits per heavy atom. The number of nitrogen functional groups attached to an aromatic ring is 1. The van der Waals surface area contributed by atoms with E-state index in [4.69, 9.17) is 5.73 Å². The van der Waals surface area contributed by atoms with E-state index >= 15 is 0 Å². The molecule has 0 amide bonds. The monoisotopic (exact) mass is 284 g/mol. The van der Waals surface area contributed by atoms with Crippen molar-refractivity contribution in [1.82, 2.24) is 0 Å². The molecule has 0 atom stereocenters. The van der Waals surface area contributed by atoms with Gasteiger partial charge in [-0.05, 0) is 23.3 Å². The smallest absolute Gasteiger partial charge is 0.0320 e. The van der Waals surface area contributed by atoms with E-state index < -0.39 is 0 Å². The summed E-state index contributed by atoms with van der Waals surface area (Å²) in [6.07, 6.45) is 4.84. The first kappa shape index (κ1) is 13.0. The second-order valence-corrected chi connectivity index (χ2v) is 3.30. The molecule has 1 radical (unpaired) electrons. The van der Waals surface area contributed by atoms with E-state index in [-0.39, 0.29) is 44.1 Å². The predicted molar refractivity (Wildman–Crippen MR) is 64.7 cm³/mol. The molecule has 0 saturated heterocycles. The Morgan fingerprint density at radius 3 is 2.56 bits per heavy atom. The van der Waals surface area contributed by atoms with Crippen LogP contribution in [-0.2, 0) is 32.7 Å². The molecule has 0 bridgehead atoms. The van der Waals surface area contributed by atoms with Gasteiger partial charge in [-0.3, -0.25) is 0 Å². The third-order valence-electron chi connectivity index (χ3n) is 2.21. The Morgan fingerprint density at radius 2 is 1.88 bits per heavy atom. The first-order valence-electron chi connectivity index (χ1n) is 4.55. The van der Waals surface area contributed by atoms with Crippen LogP contribution in [-0.4, -0.2) is 11.4 Å². The van der Waals surface area contributed by atoms with Crippen molar-refractivity contribution in [3.05, 3.63) is 58.9 Å². The van der Waals surface area contributed by atoms with Gasteiger partial charge in [0.1, 0.15) is 0 Å². The minimum absolute atomic E-state index is 0. The number of anilines is 1. The molecule has 16 heavy (non-hydrogen) atoms. The van der Waals surface area contributed by atoms with Crippen molar-refractivity contribution in [3.63, 3.8) is 0 Å². The second-order valence-electron chi connectivity index (χ2n) is 3.30. The van der Waals surface area contributed by atoms with Gasteiger partial charge in [0, 0.05) is 38.4 Å². The first-order valence-corrected chi connectivity index (χ1v) is 4.55. The Bertz CT molecular complexity index is 501. The molecule has 0 fully saturated rings. The van der Waals surface area contributed by atoms with Gasteiger partial charge < -0.3 is 16.6 Å². The van der Waals surface area contributed by atoms with Gasteiger partial charge in [0.15, 0.2) is 0 Å². The summed E-state index contributed by atoms with van der Waals surface area (Å²) in [5.41, 5.74) is 7.36. The summed E-state index contributed by atoms with van der Waals surface area (Å²) < 4.78 is 0. The zero-order chi connectivity index (χ0) is 10.8. The molecule has 2 N–H and O–H groups in total. The van der Waals surface area contributed by atoms with Crippen molar-refractivity contribution in [2.45, 2.75) is 0 Å². The molecule has 0 spiro atoms. The molecule has 0 heterocycles. The van der Waals surface area contributed by atoms with Crippen LogP contribution in [0, 0.1) is 0 Å². The average Bonchev–Trinajstić information content (AvgIpc) is 2.22. The largest absolute Gasteiger partial charge is 0.805 e. The number of nitrogens with two attached hydrogens (primary N) is 1. The molecular formula is C12H9N3Y-2. The van der Waals surface area contributed by atoms with Crippen LogP contribution in [0.1, 0.15) is 5.56 Å². The quantitative estimate of drug-likeness (QED) is 0.623. The minimum atomic E-state index is -0.130. The fourth-order valence-corrected chi connectivity index (χ4v) is 1.47. The molecule has 1 aliphatic carbocycles.